The summed E-state index contributed by atoms with van der Waals surface area (Å²) in [6, 6.07) is 4.53. The highest BCUT2D eigenvalue weighted by Crippen LogP contribution is 2.33. The van der Waals surface area contributed by atoms with Gasteiger partial charge in [0.05, 0.1) is 6.61 Å². The molecule has 0 saturated carbocycles. The van der Waals surface area contributed by atoms with Gasteiger partial charge in [0.1, 0.15) is 5.75 Å². The highest BCUT2D eigenvalue weighted by molar-refractivity contribution is 6.30. The summed E-state index contributed by atoms with van der Waals surface area (Å²) in [7, 11) is 6.23. The maximum absolute atomic E-state index is 6.20. The van der Waals surface area contributed by atoms with Crippen LogP contribution in [-0.2, 0) is 12.8 Å². The molecule has 0 aliphatic carbocycles. The summed E-state index contributed by atoms with van der Waals surface area (Å²) in [6.45, 7) is 1.86. The molecular weight excluding hydrogens is 260 g/mol. The van der Waals surface area contributed by atoms with Crippen molar-refractivity contribution in [2.45, 2.75) is 25.3 Å². The molecule has 0 bridgehead atoms. The van der Waals surface area contributed by atoms with Crippen molar-refractivity contribution in [3.8, 4) is 5.75 Å². The number of fused-ring (bicyclic) bond motifs is 1. The van der Waals surface area contributed by atoms with E-state index in [9.17, 15) is 0 Å². The quantitative estimate of drug-likeness (QED) is 0.867. The zero-order chi connectivity index (χ0) is 13.8. The third-order valence-electron chi connectivity index (χ3n) is 3.62. The normalized spacial score (nSPS) is 15.4. The van der Waals surface area contributed by atoms with Gasteiger partial charge in [0, 0.05) is 17.5 Å². The molecule has 1 aromatic rings. The maximum atomic E-state index is 6.20. The molecule has 1 N–H and O–H groups in total. The Balaban J connectivity index is 2.09. The average Bonchev–Trinajstić information content (AvgIpc) is 2.81. The van der Waals surface area contributed by atoms with Gasteiger partial charge in [-0.05, 0) is 63.8 Å². The second kappa shape index (κ2) is 6.60. The molecule has 1 aliphatic heterocycles. The van der Waals surface area contributed by atoms with Crippen LogP contribution in [0.3, 0.4) is 0 Å². The number of rotatable bonds is 6. The van der Waals surface area contributed by atoms with E-state index in [4.69, 9.17) is 16.3 Å². The van der Waals surface area contributed by atoms with Crippen LogP contribution in [0.5, 0.6) is 5.75 Å². The van der Waals surface area contributed by atoms with E-state index in [1.807, 2.05) is 19.2 Å². The molecule has 0 radical (unpaired) electrons. The molecular formula is C15H23ClN2O. The van der Waals surface area contributed by atoms with Crippen LogP contribution in [0.15, 0.2) is 12.1 Å². The summed E-state index contributed by atoms with van der Waals surface area (Å²) in [6.07, 6.45) is 3.06. The third kappa shape index (κ3) is 3.85. The summed E-state index contributed by atoms with van der Waals surface area (Å²) in [4.78, 5) is 2.21. The van der Waals surface area contributed by atoms with Gasteiger partial charge in [0.15, 0.2) is 0 Å². The van der Waals surface area contributed by atoms with E-state index in [1.54, 1.807) is 0 Å². The lowest BCUT2D eigenvalue weighted by Gasteiger charge is -2.20. The Morgan fingerprint density at radius 3 is 2.89 bits per heavy atom. The Bertz CT molecular complexity index is 434. The second-order valence-corrected chi connectivity index (χ2v) is 5.87. The van der Waals surface area contributed by atoms with Crippen molar-refractivity contribution < 1.29 is 4.74 Å². The Labute approximate surface area is 120 Å². The molecule has 0 saturated heterocycles. The molecule has 2 rings (SSSR count). The second-order valence-electron chi connectivity index (χ2n) is 5.43. The number of halogens is 1. The van der Waals surface area contributed by atoms with Gasteiger partial charge >= 0.3 is 0 Å². The number of hydrogen-bond donors (Lipinski definition) is 1. The monoisotopic (exact) mass is 282 g/mol. The van der Waals surface area contributed by atoms with Crippen molar-refractivity contribution in [1.29, 1.82) is 0 Å². The van der Waals surface area contributed by atoms with E-state index in [2.05, 4.69) is 24.3 Å². The largest absolute Gasteiger partial charge is 0.493 e. The molecule has 106 valence electrons. The fraction of sp³-hybridized carbons (Fsp3) is 0.600. The van der Waals surface area contributed by atoms with Crippen LogP contribution in [-0.4, -0.2) is 45.2 Å². The van der Waals surface area contributed by atoms with Crippen LogP contribution >= 0.6 is 11.6 Å². The van der Waals surface area contributed by atoms with Crippen molar-refractivity contribution >= 4 is 11.6 Å². The Kier molecular flexibility index (Phi) is 5.08. The molecule has 3 nitrogen and oxygen atoms in total. The molecule has 0 aromatic heterocycles. The van der Waals surface area contributed by atoms with Gasteiger partial charge in [-0.1, -0.05) is 11.6 Å². The topological polar surface area (TPSA) is 24.5 Å². The molecule has 1 unspecified atom stereocenters. The zero-order valence-corrected chi connectivity index (χ0v) is 12.8. The van der Waals surface area contributed by atoms with Crippen LogP contribution in [0.4, 0.5) is 0 Å². The van der Waals surface area contributed by atoms with Crippen molar-refractivity contribution in [2.24, 2.45) is 0 Å². The van der Waals surface area contributed by atoms with E-state index >= 15 is 0 Å². The molecule has 1 aliphatic rings. The van der Waals surface area contributed by atoms with Crippen molar-refractivity contribution in [1.82, 2.24) is 10.2 Å². The predicted octanol–water partition coefficient (Wildman–Crippen LogP) is 2.36. The predicted molar refractivity (Wildman–Crippen MR) is 80.4 cm³/mol. The smallest absolute Gasteiger partial charge is 0.125 e. The average molecular weight is 283 g/mol. The van der Waals surface area contributed by atoms with E-state index in [0.29, 0.717) is 6.04 Å². The van der Waals surface area contributed by atoms with Crippen LogP contribution in [0.2, 0.25) is 5.02 Å². The summed E-state index contributed by atoms with van der Waals surface area (Å²) >= 11 is 6.20. The number of hydrogen-bond acceptors (Lipinski definition) is 3. The van der Waals surface area contributed by atoms with Crippen LogP contribution in [0.25, 0.3) is 0 Å². The Morgan fingerprint density at radius 2 is 2.21 bits per heavy atom. The molecule has 1 atom stereocenters. The zero-order valence-electron chi connectivity index (χ0n) is 12.0. The Morgan fingerprint density at radius 1 is 1.42 bits per heavy atom. The molecule has 0 spiro atoms. The molecule has 19 heavy (non-hydrogen) atoms. The standard InChI is InChI=1S/C15H23ClN2O/c1-17-14(4-6-18(2)3)10-12-9-13(16)8-11-5-7-19-15(11)12/h8-9,14,17H,4-7,10H2,1-3H3. The minimum Gasteiger partial charge on any atom is -0.493 e. The highest BCUT2D eigenvalue weighted by atomic mass is 35.5. The van der Waals surface area contributed by atoms with Crippen molar-refractivity contribution in [3.63, 3.8) is 0 Å². The first-order chi connectivity index (χ1) is 9.10. The first-order valence-electron chi connectivity index (χ1n) is 6.86. The molecule has 0 fully saturated rings. The first kappa shape index (κ1) is 14.6. The SMILES string of the molecule is CNC(CCN(C)C)Cc1cc(Cl)cc2c1OCC2. The van der Waals surface area contributed by atoms with E-state index in [-0.39, 0.29) is 0 Å². The fourth-order valence-corrected chi connectivity index (χ4v) is 2.79. The van der Waals surface area contributed by atoms with E-state index in [1.165, 1.54) is 11.1 Å². The van der Waals surface area contributed by atoms with Crippen molar-refractivity contribution in [3.05, 3.63) is 28.3 Å². The van der Waals surface area contributed by atoms with Crippen LogP contribution < -0.4 is 10.1 Å². The number of ether oxygens (including phenoxy) is 1. The number of benzene rings is 1. The summed E-state index contributed by atoms with van der Waals surface area (Å²) in [5, 5.41) is 4.21. The molecule has 1 aromatic carbocycles. The summed E-state index contributed by atoms with van der Waals surface area (Å²) in [5.74, 6) is 1.06. The minimum atomic E-state index is 0.453. The summed E-state index contributed by atoms with van der Waals surface area (Å²) in [5.41, 5.74) is 2.49. The van der Waals surface area contributed by atoms with Crippen LogP contribution in [0, 0.1) is 0 Å². The lowest BCUT2D eigenvalue weighted by Crippen LogP contribution is -2.31. The number of nitrogens with one attached hydrogen (secondary N) is 1. The molecule has 4 heteroatoms. The highest BCUT2D eigenvalue weighted by Gasteiger charge is 2.19. The van der Waals surface area contributed by atoms with Gasteiger partial charge < -0.3 is 15.0 Å². The number of likely N-dealkylation sites (N-methyl/N-ethyl adjacent to an activating group) is 1. The fourth-order valence-electron chi connectivity index (χ4n) is 2.53. The lowest BCUT2D eigenvalue weighted by atomic mass is 9.99. The number of nitrogens with zero attached hydrogens (tertiary/aromatic N) is 1. The Hall–Kier alpha value is -0.770. The van der Waals surface area contributed by atoms with Crippen LogP contribution in [0.1, 0.15) is 17.5 Å². The third-order valence-corrected chi connectivity index (χ3v) is 3.84. The minimum absolute atomic E-state index is 0.453. The van der Waals surface area contributed by atoms with Gasteiger partial charge in [-0.2, -0.15) is 0 Å². The van der Waals surface area contributed by atoms with E-state index < -0.39 is 0 Å². The van der Waals surface area contributed by atoms with E-state index in [0.717, 1.165) is 43.2 Å². The maximum Gasteiger partial charge on any atom is 0.125 e. The van der Waals surface area contributed by atoms with Gasteiger partial charge in [-0.15, -0.1) is 0 Å². The summed E-state index contributed by atoms with van der Waals surface area (Å²) < 4.78 is 5.76. The lowest BCUT2D eigenvalue weighted by molar-refractivity contribution is 0.345. The van der Waals surface area contributed by atoms with Gasteiger partial charge in [0.25, 0.3) is 0 Å². The van der Waals surface area contributed by atoms with Gasteiger partial charge in [-0.25, -0.2) is 0 Å². The molecule has 0 amide bonds. The molecule has 1 heterocycles. The van der Waals surface area contributed by atoms with Gasteiger partial charge in [0.2, 0.25) is 0 Å². The first-order valence-corrected chi connectivity index (χ1v) is 7.24. The van der Waals surface area contributed by atoms with Gasteiger partial charge in [-0.3, -0.25) is 0 Å². The van der Waals surface area contributed by atoms with Crippen molar-refractivity contribution in [2.75, 3.05) is 34.3 Å².